The third-order valence-corrected chi connectivity index (χ3v) is 4.83. The van der Waals surface area contributed by atoms with Crippen molar-refractivity contribution in [3.63, 3.8) is 0 Å². The van der Waals surface area contributed by atoms with Crippen molar-refractivity contribution in [2.45, 2.75) is 52.4 Å². The van der Waals surface area contributed by atoms with Gasteiger partial charge in [-0.1, -0.05) is 33.8 Å². The van der Waals surface area contributed by atoms with Gasteiger partial charge in [0.25, 0.3) is 0 Å². The van der Waals surface area contributed by atoms with Gasteiger partial charge in [-0.05, 0) is 25.5 Å². The summed E-state index contributed by atoms with van der Waals surface area (Å²) < 4.78 is 0. The van der Waals surface area contributed by atoms with E-state index < -0.39 is 0 Å². The van der Waals surface area contributed by atoms with Crippen LogP contribution in [0.2, 0.25) is 0 Å². The third-order valence-electron chi connectivity index (χ3n) is 4.83. The monoisotopic (exact) mass is 240 g/mol. The maximum Gasteiger partial charge on any atom is 0.0733 e. The van der Waals surface area contributed by atoms with Crippen molar-refractivity contribution in [1.82, 2.24) is 0 Å². The van der Waals surface area contributed by atoms with Gasteiger partial charge in [-0.15, -0.1) is 0 Å². The summed E-state index contributed by atoms with van der Waals surface area (Å²) in [5.41, 5.74) is 7.36. The van der Waals surface area contributed by atoms with Crippen molar-refractivity contribution in [2.24, 2.45) is 9.98 Å². The molecule has 0 unspecified atom stereocenters. The molecule has 3 rings (SSSR count). The molecule has 0 aliphatic carbocycles. The Kier molecular flexibility index (Phi) is 2.01. The standard InChI is InChI=1S/C16H20N2/c1-9-15(3,4)11-7-8-12-13(14(11)18-9)16(5,6)10(2)17-12/h7-8H,1-6H3. The molecule has 0 aromatic heterocycles. The lowest BCUT2D eigenvalue weighted by atomic mass is 9.76. The van der Waals surface area contributed by atoms with Crippen molar-refractivity contribution in [1.29, 1.82) is 0 Å². The summed E-state index contributed by atoms with van der Waals surface area (Å²) in [7, 11) is 0. The first-order chi connectivity index (χ1) is 8.26. The van der Waals surface area contributed by atoms with E-state index in [0.29, 0.717) is 0 Å². The summed E-state index contributed by atoms with van der Waals surface area (Å²) in [6.07, 6.45) is 0. The Balaban J connectivity index is 2.34. The number of nitrogens with zero attached hydrogens (tertiary/aromatic N) is 2. The van der Waals surface area contributed by atoms with E-state index in [0.717, 1.165) is 5.69 Å². The van der Waals surface area contributed by atoms with Gasteiger partial charge in [0.1, 0.15) is 0 Å². The second-order valence-electron chi connectivity index (χ2n) is 6.50. The van der Waals surface area contributed by atoms with Gasteiger partial charge in [0, 0.05) is 27.8 Å². The highest BCUT2D eigenvalue weighted by molar-refractivity contribution is 6.06. The Hall–Kier alpha value is -1.44. The maximum atomic E-state index is 4.85. The Morgan fingerprint density at radius 1 is 0.833 bits per heavy atom. The van der Waals surface area contributed by atoms with E-state index in [9.17, 15) is 0 Å². The molecule has 0 spiro atoms. The lowest BCUT2D eigenvalue weighted by Gasteiger charge is -2.24. The Labute approximate surface area is 109 Å². The molecule has 2 heteroatoms. The number of aliphatic imine (C=N–C) groups is 2. The molecule has 94 valence electrons. The molecular weight excluding hydrogens is 220 g/mol. The molecule has 0 bridgehead atoms. The molecule has 2 aliphatic heterocycles. The third kappa shape index (κ3) is 1.18. The second kappa shape index (κ2) is 3.11. The molecule has 0 amide bonds. The highest BCUT2D eigenvalue weighted by Crippen LogP contribution is 2.52. The number of benzene rings is 1. The molecule has 0 saturated heterocycles. The molecule has 0 fully saturated rings. The topological polar surface area (TPSA) is 24.7 Å². The molecule has 2 aliphatic rings. The fourth-order valence-electron chi connectivity index (χ4n) is 2.91. The first kappa shape index (κ1) is 11.6. The molecule has 2 nitrogen and oxygen atoms in total. The maximum absolute atomic E-state index is 4.85. The van der Waals surface area contributed by atoms with E-state index in [1.54, 1.807) is 0 Å². The quantitative estimate of drug-likeness (QED) is 0.640. The highest BCUT2D eigenvalue weighted by atomic mass is 14.9. The average Bonchev–Trinajstić information content (AvgIpc) is 2.62. The van der Waals surface area contributed by atoms with E-state index in [4.69, 9.17) is 9.98 Å². The van der Waals surface area contributed by atoms with Crippen LogP contribution in [0.15, 0.2) is 22.1 Å². The summed E-state index contributed by atoms with van der Waals surface area (Å²) in [6.45, 7) is 13.2. The average molecular weight is 240 g/mol. The molecule has 0 N–H and O–H groups in total. The minimum Gasteiger partial charge on any atom is -0.257 e. The Morgan fingerprint density at radius 3 is 2.11 bits per heavy atom. The summed E-state index contributed by atoms with van der Waals surface area (Å²) in [5, 5.41) is 0. The smallest absolute Gasteiger partial charge is 0.0733 e. The zero-order chi connectivity index (χ0) is 13.3. The van der Waals surface area contributed by atoms with Crippen LogP contribution in [0.25, 0.3) is 0 Å². The lowest BCUT2D eigenvalue weighted by Crippen LogP contribution is -2.24. The number of hydrogen-bond acceptors (Lipinski definition) is 2. The van der Waals surface area contributed by atoms with Gasteiger partial charge in [-0.3, -0.25) is 9.98 Å². The summed E-state index contributed by atoms with van der Waals surface area (Å²) >= 11 is 0. The van der Waals surface area contributed by atoms with Gasteiger partial charge >= 0.3 is 0 Å². The second-order valence-corrected chi connectivity index (χ2v) is 6.50. The largest absolute Gasteiger partial charge is 0.257 e. The summed E-state index contributed by atoms with van der Waals surface area (Å²) in [6, 6.07) is 4.36. The molecule has 1 aromatic rings. The Morgan fingerprint density at radius 2 is 1.44 bits per heavy atom. The van der Waals surface area contributed by atoms with Gasteiger partial charge in [0.05, 0.1) is 11.4 Å². The predicted molar refractivity (Wildman–Crippen MR) is 78.0 cm³/mol. The van der Waals surface area contributed by atoms with Crippen LogP contribution in [0.1, 0.15) is 52.7 Å². The van der Waals surface area contributed by atoms with Crippen LogP contribution in [0.4, 0.5) is 11.4 Å². The Bertz CT molecular complexity index is 616. The first-order valence-electron chi connectivity index (χ1n) is 6.56. The molecule has 0 atom stereocenters. The molecule has 0 saturated carbocycles. The fourth-order valence-corrected chi connectivity index (χ4v) is 2.91. The lowest BCUT2D eigenvalue weighted by molar-refractivity contribution is 0.717. The molecule has 18 heavy (non-hydrogen) atoms. The van der Waals surface area contributed by atoms with Crippen molar-refractivity contribution in [2.75, 3.05) is 0 Å². The van der Waals surface area contributed by atoms with E-state index >= 15 is 0 Å². The van der Waals surface area contributed by atoms with Crippen molar-refractivity contribution in [3.8, 4) is 0 Å². The van der Waals surface area contributed by atoms with Crippen molar-refractivity contribution < 1.29 is 0 Å². The van der Waals surface area contributed by atoms with Crippen LogP contribution in [-0.4, -0.2) is 11.4 Å². The van der Waals surface area contributed by atoms with Gasteiger partial charge < -0.3 is 0 Å². The highest BCUT2D eigenvalue weighted by Gasteiger charge is 2.41. The molecule has 1 aromatic carbocycles. The number of fused-ring (bicyclic) bond motifs is 3. The SMILES string of the molecule is CC1=Nc2c(ccc3c2C(C)(C)C(C)=N3)C1(C)C. The van der Waals surface area contributed by atoms with E-state index in [2.05, 4.69) is 53.7 Å². The van der Waals surface area contributed by atoms with E-state index in [-0.39, 0.29) is 10.8 Å². The van der Waals surface area contributed by atoms with Gasteiger partial charge in [0.15, 0.2) is 0 Å². The predicted octanol–water partition coefficient (Wildman–Crippen LogP) is 4.45. The molecule has 2 heterocycles. The van der Waals surface area contributed by atoms with Crippen LogP contribution >= 0.6 is 0 Å². The van der Waals surface area contributed by atoms with Crippen molar-refractivity contribution in [3.05, 3.63) is 23.3 Å². The summed E-state index contributed by atoms with van der Waals surface area (Å²) in [5.74, 6) is 0. The zero-order valence-corrected chi connectivity index (χ0v) is 12.0. The summed E-state index contributed by atoms with van der Waals surface area (Å²) in [4.78, 5) is 9.55. The minimum absolute atomic E-state index is 0.00484. The van der Waals surface area contributed by atoms with Crippen molar-refractivity contribution >= 4 is 22.8 Å². The first-order valence-corrected chi connectivity index (χ1v) is 6.56. The fraction of sp³-hybridized carbons (Fsp3) is 0.500. The van der Waals surface area contributed by atoms with Crippen LogP contribution in [0.3, 0.4) is 0 Å². The van der Waals surface area contributed by atoms with Crippen LogP contribution in [0, 0.1) is 0 Å². The molecular formula is C16H20N2. The van der Waals surface area contributed by atoms with E-state index in [1.165, 1.54) is 28.2 Å². The number of hydrogen-bond donors (Lipinski definition) is 0. The van der Waals surface area contributed by atoms with Gasteiger partial charge in [0.2, 0.25) is 0 Å². The van der Waals surface area contributed by atoms with Crippen LogP contribution in [-0.2, 0) is 10.8 Å². The van der Waals surface area contributed by atoms with E-state index in [1.807, 2.05) is 0 Å². The number of rotatable bonds is 0. The minimum atomic E-state index is 0.00484. The zero-order valence-electron chi connectivity index (χ0n) is 12.0. The van der Waals surface area contributed by atoms with Crippen LogP contribution in [0.5, 0.6) is 0 Å². The van der Waals surface area contributed by atoms with Crippen LogP contribution < -0.4 is 0 Å². The van der Waals surface area contributed by atoms with Gasteiger partial charge in [-0.2, -0.15) is 0 Å². The van der Waals surface area contributed by atoms with Gasteiger partial charge in [-0.25, -0.2) is 0 Å². The normalized spacial score (nSPS) is 22.3. The molecule has 0 radical (unpaired) electrons.